The van der Waals surface area contributed by atoms with Gasteiger partial charge in [0.2, 0.25) is 0 Å². The number of nitrogens with zero attached hydrogens (tertiary/aromatic N) is 2. The molecule has 1 atom stereocenters. The van der Waals surface area contributed by atoms with Crippen LogP contribution < -0.4 is 16.4 Å². The van der Waals surface area contributed by atoms with Crippen molar-refractivity contribution < 1.29 is 4.79 Å². The third-order valence-electron chi connectivity index (χ3n) is 3.18. The van der Waals surface area contributed by atoms with Crippen LogP contribution in [0.5, 0.6) is 0 Å². The first-order valence-corrected chi connectivity index (χ1v) is 6.35. The van der Waals surface area contributed by atoms with E-state index in [1.54, 1.807) is 7.05 Å². The third kappa shape index (κ3) is 3.93. The van der Waals surface area contributed by atoms with Crippen LogP contribution >= 0.6 is 17.0 Å². The van der Waals surface area contributed by atoms with E-state index < -0.39 is 6.03 Å². The Hall–Kier alpha value is -1.63. The Bertz CT molecular complexity index is 517. The maximum atomic E-state index is 10.9. The van der Waals surface area contributed by atoms with Gasteiger partial charge in [0, 0.05) is 13.2 Å². The summed E-state index contributed by atoms with van der Waals surface area (Å²) in [7, 11) is 1.60. The first-order valence-electron chi connectivity index (χ1n) is 6.35. The van der Waals surface area contributed by atoms with Crippen molar-refractivity contribution in [3.63, 3.8) is 0 Å². The van der Waals surface area contributed by atoms with Gasteiger partial charge in [-0.25, -0.2) is 4.79 Å². The predicted molar refractivity (Wildman–Crippen MR) is 84.2 cm³/mol. The number of rotatable bonds is 1. The Labute approximate surface area is 129 Å². The number of carbonyl (C=O) groups excluding carboxylic acids is 1. The van der Waals surface area contributed by atoms with E-state index in [0.717, 1.165) is 25.0 Å². The van der Waals surface area contributed by atoms with Crippen LogP contribution in [0.2, 0.25) is 0 Å². The molecule has 6 nitrogen and oxygen atoms in total. The number of hydrogen-bond acceptors (Lipinski definition) is 3. The number of carbonyl (C=O) groups is 1. The molecule has 1 aromatic rings. The lowest BCUT2D eigenvalue weighted by molar-refractivity contribution is 0.252. The molecule has 0 fully saturated rings. The van der Waals surface area contributed by atoms with Crippen LogP contribution in [0.15, 0.2) is 17.3 Å². The summed E-state index contributed by atoms with van der Waals surface area (Å²) < 4.78 is 0. The van der Waals surface area contributed by atoms with Crippen molar-refractivity contribution in [3.8, 4) is 0 Å². The van der Waals surface area contributed by atoms with Crippen molar-refractivity contribution in [2.45, 2.75) is 32.2 Å². The minimum absolute atomic E-state index is 0. The predicted octanol–water partition coefficient (Wildman–Crippen LogP) is 1.59. The topological polar surface area (TPSA) is 92.4 Å². The van der Waals surface area contributed by atoms with E-state index >= 15 is 0 Å². The number of aliphatic imine (C=N–C) groups is 1. The van der Waals surface area contributed by atoms with Gasteiger partial charge in [0.1, 0.15) is 0 Å². The summed E-state index contributed by atoms with van der Waals surface area (Å²) in [5, 5.41) is 5.66. The first-order chi connectivity index (χ1) is 9.10. The molecule has 0 spiro atoms. The van der Waals surface area contributed by atoms with Crippen molar-refractivity contribution in [2.75, 3.05) is 7.05 Å². The molecule has 0 saturated carbocycles. The Morgan fingerprint density at radius 2 is 2.30 bits per heavy atom. The summed E-state index contributed by atoms with van der Waals surface area (Å²) in [5.74, 6) is 0.382. The van der Waals surface area contributed by atoms with Crippen LogP contribution in [0.25, 0.3) is 0 Å². The molecule has 1 unspecified atom stereocenters. The number of amides is 2. The molecule has 1 aliphatic rings. The molecule has 0 aliphatic heterocycles. The molecule has 0 radical (unpaired) electrons. The highest BCUT2D eigenvalue weighted by atomic mass is 79.9. The summed E-state index contributed by atoms with van der Waals surface area (Å²) in [6, 6.07) is 1.61. The van der Waals surface area contributed by atoms with Crippen LogP contribution in [-0.2, 0) is 6.42 Å². The number of hydrogen-bond donors (Lipinski definition) is 3. The molecule has 20 heavy (non-hydrogen) atoms. The Balaban J connectivity index is 0.00000200. The number of pyridine rings is 1. The van der Waals surface area contributed by atoms with E-state index in [4.69, 9.17) is 5.73 Å². The van der Waals surface area contributed by atoms with E-state index in [0.29, 0.717) is 5.96 Å². The molecule has 0 aromatic carbocycles. The van der Waals surface area contributed by atoms with Crippen molar-refractivity contribution in [1.29, 1.82) is 0 Å². The van der Waals surface area contributed by atoms with Crippen LogP contribution in [0, 0.1) is 6.92 Å². The number of fused-ring (bicyclic) bond motifs is 1. The zero-order valence-corrected chi connectivity index (χ0v) is 13.4. The lowest BCUT2D eigenvalue weighted by Crippen LogP contribution is -2.45. The zero-order valence-electron chi connectivity index (χ0n) is 11.6. The number of primary amides is 1. The molecular weight excluding hydrogens is 322 g/mol. The maximum absolute atomic E-state index is 10.9. The van der Waals surface area contributed by atoms with Crippen molar-refractivity contribution in [2.24, 2.45) is 10.7 Å². The summed E-state index contributed by atoms with van der Waals surface area (Å²) in [5.41, 5.74) is 8.56. The first kappa shape index (κ1) is 16.4. The molecule has 2 amide bonds. The quantitative estimate of drug-likeness (QED) is 0.535. The van der Waals surface area contributed by atoms with E-state index in [2.05, 4.69) is 26.7 Å². The normalized spacial score (nSPS) is 17.7. The van der Waals surface area contributed by atoms with Crippen LogP contribution in [-0.4, -0.2) is 24.0 Å². The monoisotopic (exact) mass is 341 g/mol. The van der Waals surface area contributed by atoms with E-state index in [9.17, 15) is 4.79 Å². The van der Waals surface area contributed by atoms with E-state index in [1.807, 2.05) is 13.1 Å². The second-order valence-electron chi connectivity index (χ2n) is 4.71. The minimum atomic E-state index is -0.624. The lowest BCUT2D eigenvalue weighted by atomic mass is 9.91. The van der Waals surface area contributed by atoms with Crippen LogP contribution in [0.4, 0.5) is 4.79 Å². The highest BCUT2D eigenvalue weighted by Crippen LogP contribution is 2.28. The zero-order chi connectivity index (χ0) is 13.8. The van der Waals surface area contributed by atoms with Gasteiger partial charge in [0.15, 0.2) is 5.96 Å². The summed E-state index contributed by atoms with van der Waals surface area (Å²) in [6.45, 7) is 2.04. The molecule has 0 saturated heterocycles. The smallest absolute Gasteiger partial charge is 0.318 e. The highest BCUT2D eigenvalue weighted by Gasteiger charge is 2.22. The number of halogens is 1. The Morgan fingerprint density at radius 1 is 1.55 bits per heavy atom. The molecule has 1 aliphatic carbocycles. The van der Waals surface area contributed by atoms with Crippen molar-refractivity contribution >= 4 is 29.0 Å². The average molecular weight is 342 g/mol. The fourth-order valence-electron chi connectivity index (χ4n) is 2.37. The largest absolute Gasteiger partial charge is 0.351 e. The molecule has 4 N–H and O–H groups in total. The Kier molecular flexibility index (Phi) is 5.94. The van der Waals surface area contributed by atoms with Gasteiger partial charge in [-0.15, -0.1) is 17.0 Å². The van der Waals surface area contributed by atoms with Gasteiger partial charge in [-0.3, -0.25) is 15.3 Å². The van der Waals surface area contributed by atoms with Crippen LogP contribution in [0.1, 0.15) is 35.7 Å². The second-order valence-corrected chi connectivity index (χ2v) is 4.71. The molecule has 1 aromatic heterocycles. The van der Waals surface area contributed by atoms with Crippen molar-refractivity contribution in [3.05, 3.63) is 29.1 Å². The number of nitrogens with two attached hydrogens (primary N) is 1. The van der Waals surface area contributed by atoms with Crippen LogP contribution in [0.3, 0.4) is 0 Å². The third-order valence-corrected chi connectivity index (χ3v) is 3.18. The fraction of sp³-hybridized carbons (Fsp3) is 0.462. The molecular formula is C13H20BrN5O. The summed E-state index contributed by atoms with van der Waals surface area (Å²) >= 11 is 0. The number of aromatic nitrogens is 1. The second kappa shape index (κ2) is 7.23. The summed E-state index contributed by atoms with van der Waals surface area (Å²) in [4.78, 5) is 19.4. The molecule has 7 heteroatoms. The minimum Gasteiger partial charge on any atom is -0.351 e. The van der Waals surface area contributed by atoms with Gasteiger partial charge in [0.25, 0.3) is 0 Å². The average Bonchev–Trinajstić information content (AvgIpc) is 2.37. The molecule has 0 bridgehead atoms. The van der Waals surface area contributed by atoms with E-state index in [1.165, 1.54) is 11.1 Å². The number of aryl methyl sites for hydroxylation is 2. The van der Waals surface area contributed by atoms with E-state index in [-0.39, 0.29) is 23.0 Å². The van der Waals surface area contributed by atoms with Gasteiger partial charge in [-0.2, -0.15) is 0 Å². The van der Waals surface area contributed by atoms with Gasteiger partial charge in [0.05, 0.1) is 11.7 Å². The number of guanidine groups is 1. The number of urea groups is 1. The summed E-state index contributed by atoms with van der Waals surface area (Å²) in [6.07, 6.45) is 4.96. The highest BCUT2D eigenvalue weighted by molar-refractivity contribution is 8.93. The SMILES string of the molecule is Br.CN=C(NC(N)=O)NC1CCCc2cc(C)cnc21. The molecule has 110 valence electrons. The van der Waals surface area contributed by atoms with Gasteiger partial charge >= 0.3 is 6.03 Å². The number of nitrogens with one attached hydrogen (secondary N) is 2. The maximum Gasteiger partial charge on any atom is 0.318 e. The van der Waals surface area contributed by atoms with Gasteiger partial charge in [-0.05, 0) is 37.3 Å². The molecule has 2 rings (SSSR count). The van der Waals surface area contributed by atoms with Crippen molar-refractivity contribution in [1.82, 2.24) is 15.6 Å². The van der Waals surface area contributed by atoms with Gasteiger partial charge < -0.3 is 11.1 Å². The lowest BCUT2D eigenvalue weighted by Gasteiger charge is -2.26. The standard InChI is InChI=1S/C13H19N5O.BrH/c1-8-6-9-4-3-5-10(11(9)16-7-8)17-13(15-2)18-12(14)19;/h6-7,10H,3-5H2,1-2H3,(H4,14,15,17,18,19);1H. The fourth-order valence-corrected chi connectivity index (χ4v) is 2.37. The molecule has 1 heterocycles. The Morgan fingerprint density at radius 3 is 2.95 bits per heavy atom. The van der Waals surface area contributed by atoms with Gasteiger partial charge in [-0.1, -0.05) is 6.07 Å².